The molecule has 1 unspecified atom stereocenters. The molecule has 0 spiro atoms. The second kappa shape index (κ2) is 5.80. The number of nitrogens with zero attached hydrogens (tertiary/aromatic N) is 2. The Balaban J connectivity index is 2.05. The van der Waals surface area contributed by atoms with Crippen molar-refractivity contribution in [2.45, 2.75) is 13.0 Å². The number of hydrogen-bond acceptors (Lipinski definition) is 3. The third-order valence-corrected chi connectivity index (χ3v) is 3.42. The van der Waals surface area contributed by atoms with E-state index in [2.05, 4.69) is 64.7 Å². The van der Waals surface area contributed by atoms with Gasteiger partial charge in [0.15, 0.2) is 0 Å². The van der Waals surface area contributed by atoms with Gasteiger partial charge in [-0.3, -0.25) is 0 Å². The monoisotopic (exact) mass is 263 g/mol. The van der Waals surface area contributed by atoms with E-state index in [1.54, 1.807) is 12.5 Å². The van der Waals surface area contributed by atoms with E-state index in [1.165, 1.54) is 16.3 Å². The number of aromatic nitrogens is 2. The summed E-state index contributed by atoms with van der Waals surface area (Å²) in [5, 5.41) is 6.00. The van der Waals surface area contributed by atoms with Gasteiger partial charge in [0, 0.05) is 6.20 Å². The van der Waals surface area contributed by atoms with Gasteiger partial charge in [-0.15, -0.1) is 0 Å². The van der Waals surface area contributed by atoms with Crippen LogP contribution < -0.4 is 5.32 Å². The molecular weight excluding hydrogens is 246 g/mol. The first-order valence-electron chi connectivity index (χ1n) is 6.86. The molecule has 3 heteroatoms. The van der Waals surface area contributed by atoms with E-state index < -0.39 is 0 Å². The Morgan fingerprint density at radius 2 is 1.90 bits per heavy atom. The minimum Gasteiger partial charge on any atom is -0.305 e. The molecule has 0 radical (unpaired) electrons. The van der Waals surface area contributed by atoms with Crippen LogP contribution in [0, 0.1) is 0 Å². The molecule has 1 atom stereocenters. The van der Waals surface area contributed by atoms with E-state index in [0.717, 1.165) is 12.2 Å². The van der Waals surface area contributed by atoms with Crippen molar-refractivity contribution in [1.82, 2.24) is 15.3 Å². The van der Waals surface area contributed by atoms with Gasteiger partial charge in [0.25, 0.3) is 0 Å². The summed E-state index contributed by atoms with van der Waals surface area (Å²) in [5.74, 6) is 0. The second-order valence-corrected chi connectivity index (χ2v) is 4.73. The lowest BCUT2D eigenvalue weighted by molar-refractivity contribution is 0.614. The van der Waals surface area contributed by atoms with E-state index in [-0.39, 0.29) is 6.04 Å². The molecule has 0 amide bonds. The third kappa shape index (κ3) is 2.53. The van der Waals surface area contributed by atoms with Crippen molar-refractivity contribution in [3.63, 3.8) is 0 Å². The van der Waals surface area contributed by atoms with Crippen LogP contribution in [0.4, 0.5) is 0 Å². The Labute approximate surface area is 118 Å². The van der Waals surface area contributed by atoms with Crippen LogP contribution in [0.5, 0.6) is 0 Å². The number of rotatable bonds is 4. The van der Waals surface area contributed by atoms with E-state index in [0.29, 0.717) is 0 Å². The summed E-state index contributed by atoms with van der Waals surface area (Å²) in [4.78, 5) is 8.37. The SMILES string of the molecule is CCNC(c1ccc2ccccc2c1)c1ccncn1. The molecule has 0 aliphatic heterocycles. The van der Waals surface area contributed by atoms with Crippen molar-refractivity contribution in [3.8, 4) is 0 Å². The van der Waals surface area contributed by atoms with E-state index in [4.69, 9.17) is 0 Å². The van der Waals surface area contributed by atoms with Gasteiger partial charge < -0.3 is 5.32 Å². The van der Waals surface area contributed by atoms with Crippen molar-refractivity contribution in [2.75, 3.05) is 6.54 Å². The Morgan fingerprint density at radius 1 is 1.05 bits per heavy atom. The van der Waals surface area contributed by atoms with Crippen LogP contribution in [0.1, 0.15) is 24.2 Å². The minimum atomic E-state index is 0.104. The van der Waals surface area contributed by atoms with Crippen molar-refractivity contribution in [3.05, 3.63) is 72.3 Å². The first-order chi connectivity index (χ1) is 9.88. The van der Waals surface area contributed by atoms with Gasteiger partial charge in [0.2, 0.25) is 0 Å². The first-order valence-corrected chi connectivity index (χ1v) is 6.86. The highest BCUT2D eigenvalue weighted by atomic mass is 14.9. The quantitative estimate of drug-likeness (QED) is 0.784. The van der Waals surface area contributed by atoms with Crippen LogP contribution in [0.3, 0.4) is 0 Å². The maximum Gasteiger partial charge on any atom is 0.115 e. The smallest absolute Gasteiger partial charge is 0.115 e. The highest BCUT2D eigenvalue weighted by Gasteiger charge is 2.14. The number of fused-ring (bicyclic) bond motifs is 1. The summed E-state index contributed by atoms with van der Waals surface area (Å²) in [6.07, 6.45) is 3.38. The molecule has 0 bridgehead atoms. The fourth-order valence-electron chi connectivity index (χ4n) is 2.46. The molecule has 0 saturated heterocycles. The first kappa shape index (κ1) is 12.8. The maximum absolute atomic E-state index is 4.38. The summed E-state index contributed by atoms with van der Waals surface area (Å²) in [6, 6.07) is 17.0. The van der Waals surface area contributed by atoms with Gasteiger partial charge in [-0.05, 0) is 35.0 Å². The lowest BCUT2D eigenvalue weighted by Gasteiger charge is -2.18. The number of nitrogens with one attached hydrogen (secondary N) is 1. The zero-order chi connectivity index (χ0) is 13.8. The van der Waals surface area contributed by atoms with Crippen molar-refractivity contribution >= 4 is 10.8 Å². The van der Waals surface area contributed by atoms with Crippen LogP contribution >= 0.6 is 0 Å². The average Bonchev–Trinajstić information content (AvgIpc) is 2.53. The molecule has 1 aromatic heterocycles. The third-order valence-electron chi connectivity index (χ3n) is 3.42. The fraction of sp³-hybridized carbons (Fsp3) is 0.176. The summed E-state index contributed by atoms with van der Waals surface area (Å²) < 4.78 is 0. The molecule has 0 saturated carbocycles. The molecule has 3 rings (SSSR count). The lowest BCUT2D eigenvalue weighted by Crippen LogP contribution is -2.22. The largest absolute Gasteiger partial charge is 0.305 e. The topological polar surface area (TPSA) is 37.8 Å². The average molecular weight is 263 g/mol. The van der Waals surface area contributed by atoms with Gasteiger partial charge in [0.1, 0.15) is 6.33 Å². The molecule has 100 valence electrons. The van der Waals surface area contributed by atoms with Crippen LogP contribution in [0.25, 0.3) is 10.8 Å². The summed E-state index contributed by atoms with van der Waals surface area (Å²) >= 11 is 0. The molecule has 1 heterocycles. The highest BCUT2D eigenvalue weighted by Crippen LogP contribution is 2.24. The van der Waals surface area contributed by atoms with Crippen LogP contribution in [-0.4, -0.2) is 16.5 Å². The van der Waals surface area contributed by atoms with Gasteiger partial charge in [0.05, 0.1) is 11.7 Å². The predicted octanol–water partition coefficient (Wildman–Crippen LogP) is 3.33. The zero-order valence-electron chi connectivity index (χ0n) is 11.5. The maximum atomic E-state index is 4.38. The normalized spacial score (nSPS) is 12.4. The second-order valence-electron chi connectivity index (χ2n) is 4.73. The molecule has 0 aliphatic carbocycles. The molecule has 1 N–H and O–H groups in total. The summed E-state index contributed by atoms with van der Waals surface area (Å²) in [7, 11) is 0. The van der Waals surface area contributed by atoms with Gasteiger partial charge in [-0.2, -0.15) is 0 Å². The Kier molecular flexibility index (Phi) is 3.70. The number of benzene rings is 2. The highest BCUT2D eigenvalue weighted by molar-refractivity contribution is 5.83. The molecule has 3 nitrogen and oxygen atoms in total. The predicted molar refractivity (Wildman–Crippen MR) is 81.5 cm³/mol. The van der Waals surface area contributed by atoms with Crippen LogP contribution in [0.15, 0.2) is 61.1 Å². The molecule has 3 aromatic rings. The van der Waals surface area contributed by atoms with E-state index in [9.17, 15) is 0 Å². The lowest BCUT2D eigenvalue weighted by atomic mass is 9.99. The molecule has 0 fully saturated rings. The van der Waals surface area contributed by atoms with Gasteiger partial charge in [-0.1, -0.05) is 43.3 Å². The van der Waals surface area contributed by atoms with E-state index >= 15 is 0 Å². The molecule has 2 aromatic carbocycles. The van der Waals surface area contributed by atoms with Gasteiger partial charge in [-0.25, -0.2) is 9.97 Å². The molecule has 20 heavy (non-hydrogen) atoms. The Morgan fingerprint density at radius 3 is 2.65 bits per heavy atom. The fourth-order valence-corrected chi connectivity index (χ4v) is 2.46. The Bertz CT molecular complexity index is 695. The Hall–Kier alpha value is -2.26. The molecular formula is C17H17N3. The zero-order valence-corrected chi connectivity index (χ0v) is 11.5. The van der Waals surface area contributed by atoms with Crippen molar-refractivity contribution in [2.24, 2.45) is 0 Å². The summed E-state index contributed by atoms with van der Waals surface area (Å²) in [6.45, 7) is 3.00. The minimum absolute atomic E-state index is 0.104. The number of hydrogen-bond donors (Lipinski definition) is 1. The van der Waals surface area contributed by atoms with Crippen LogP contribution in [-0.2, 0) is 0 Å². The van der Waals surface area contributed by atoms with Crippen LogP contribution in [0.2, 0.25) is 0 Å². The molecule has 0 aliphatic rings. The van der Waals surface area contributed by atoms with Crippen molar-refractivity contribution in [1.29, 1.82) is 0 Å². The van der Waals surface area contributed by atoms with Gasteiger partial charge >= 0.3 is 0 Å². The summed E-state index contributed by atoms with van der Waals surface area (Å²) in [5.41, 5.74) is 2.22. The standard InChI is InChI=1S/C17H17N3/c1-2-19-17(16-9-10-18-12-20-16)15-8-7-13-5-3-4-6-14(13)11-15/h3-12,17,19H,2H2,1H3. The van der Waals surface area contributed by atoms with E-state index in [1.807, 2.05) is 6.07 Å². The van der Waals surface area contributed by atoms with Crippen molar-refractivity contribution < 1.29 is 0 Å².